The van der Waals surface area contributed by atoms with Gasteiger partial charge in [0.1, 0.15) is 18.9 Å². The highest BCUT2D eigenvalue weighted by atomic mass is 19.1. The first-order chi connectivity index (χ1) is 12.8. The molecule has 0 unspecified atom stereocenters. The highest BCUT2D eigenvalue weighted by Crippen LogP contribution is 2.64. The van der Waals surface area contributed by atoms with Gasteiger partial charge in [0.05, 0.1) is 0 Å². The first-order valence-electron chi connectivity index (χ1n) is 10.8. The number of rotatable bonds is 3. The van der Waals surface area contributed by atoms with Gasteiger partial charge in [0.2, 0.25) is 0 Å². The predicted octanol–water partition coefficient (Wildman–Crippen LogP) is 3.70. The molecule has 4 nitrogen and oxygen atoms in total. The van der Waals surface area contributed by atoms with E-state index in [1.54, 1.807) is 0 Å². The minimum absolute atomic E-state index is 0.00487. The van der Waals surface area contributed by atoms with E-state index in [2.05, 4.69) is 6.92 Å². The molecule has 0 bridgehead atoms. The van der Waals surface area contributed by atoms with Crippen molar-refractivity contribution < 1.29 is 23.8 Å². The largest absolute Gasteiger partial charge is 0.463 e. The highest BCUT2D eigenvalue weighted by molar-refractivity contribution is 5.83. The number of carbonyl (C=O) groups is 2. The van der Waals surface area contributed by atoms with Crippen molar-refractivity contribution >= 4 is 11.8 Å². The van der Waals surface area contributed by atoms with Crippen LogP contribution in [0.5, 0.6) is 0 Å². The number of alkyl halides is 1. The number of Topliss-reactive ketones (excluding diaryl/α,β-unsaturated/α-hetero) is 1. The molecule has 0 amide bonds. The fourth-order valence-corrected chi connectivity index (χ4v) is 7.80. The number of ketones is 1. The Morgan fingerprint density at radius 2 is 1.85 bits per heavy atom. The Morgan fingerprint density at radius 1 is 1.11 bits per heavy atom. The smallest absolute Gasteiger partial charge is 0.302 e. The van der Waals surface area contributed by atoms with E-state index >= 15 is 4.39 Å². The summed E-state index contributed by atoms with van der Waals surface area (Å²) in [5, 5.41) is 9.36. The molecule has 4 fully saturated rings. The summed E-state index contributed by atoms with van der Waals surface area (Å²) in [6, 6.07) is 0. The third-order valence-corrected chi connectivity index (χ3v) is 8.71. The first-order valence-corrected chi connectivity index (χ1v) is 10.8. The Bertz CT molecular complexity index is 607. The fourth-order valence-electron chi connectivity index (χ4n) is 7.80. The maximum absolute atomic E-state index is 15.6. The molecule has 4 rings (SSSR count). The number of ether oxygens (including phenoxy) is 1. The zero-order valence-electron chi connectivity index (χ0n) is 16.5. The van der Waals surface area contributed by atoms with Crippen molar-refractivity contribution in [3.05, 3.63) is 0 Å². The summed E-state index contributed by atoms with van der Waals surface area (Å²) < 4.78 is 21.0. The zero-order chi connectivity index (χ0) is 19.3. The van der Waals surface area contributed by atoms with Gasteiger partial charge in [0.25, 0.3) is 0 Å². The summed E-state index contributed by atoms with van der Waals surface area (Å²) in [6.07, 6.45) is 6.21. The lowest BCUT2D eigenvalue weighted by Gasteiger charge is -2.57. The van der Waals surface area contributed by atoms with E-state index in [-0.39, 0.29) is 35.1 Å². The Hall–Kier alpha value is -0.970. The van der Waals surface area contributed by atoms with Gasteiger partial charge in [-0.05, 0) is 86.4 Å². The van der Waals surface area contributed by atoms with Crippen molar-refractivity contribution in [3.8, 4) is 0 Å². The minimum Gasteiger partial charge on any atom is -0.463 e. The lowest BCUT2D eigenvalue weighted by molar-refractivity contribution is -0.156. The van der Waals surface area contributed by atoms with E-state index in [4.69, 9.17) is 4.74 Å². The van der Waals surface area contributed by atoms with Gasteiger partial charge in [-0.3, -0.25) is 9.59 Å². The van der Waals surface area contributed by atoms with Crippen molar-refractivity contribution in [2.75, 3.05) is 6.61 Å². The lowest BCUT2D eigenvalue weighted by atomic mass is 9.49. The van der Waals surface area contributed by atoms with Crippen LogP contribution in [0.15, 0.2) is 0 Å². The van der Waals surface area contributed by atoms with E-state index in [1.165, 1.54) is 6.92 Å². The molecule has 4 aliphatic carbocycles. The van der Waals surface area contributed by atoms with Gasteiger partial charge in [-0.15, -0.1) is 0 Å². The fraction of sp³-hybridized carbons (Fsp3) is 0.909. The summed E-state index contributed by atoms with van der Waals surface area (Å²) in [4.78, 5) is 23.6. The number of aliphatic hydroxyl groups is 1. The summed E-state index contributed by atoms with van der Waals surface area (Å²) >= 11 is 0. The summed E-state index contributed by atoms with van der Waals surface area (Å²) in [5.74, 6) is 1.23. The van der Waals surface area contributed by atoms with Gasteiger partial charge in [-0.25, -0.2) is 4.39 Å². The number of hydrogen-bond donors (Lipinski definition) is 1. The zero-order valence-corrected chi connectivity index (χ0v) is 16.5. The van der Waals surface area contributed by atoms with Crippen molar-refractivity contribution in [2.45, 2.75) is 77.5 Å². The quantitative estimate of drug-likeness (QED) is 0.759. The maximum Gasteiger partial charge on any atom is 0.302 e. The SMILES string of the molecule is CC(=O)O[C@@H]1CC[C@H]2[C@@H](CC[C@@H]3[C@@H]2[C@H](F)C[C@]2(C)[C@@H](C(=O)CO)CC[C@@H]32)C1. The van der Waals surface area contributed by atoms with Crippen molar-refractivity contribution in [3.63, 3.8) is 0 Å². The maximum atomic E-state index is 15.6. The molecule has 0 aromatic rings. The Balaban J connectivity index is 1.52. The molecule has 4 saturated carbocycles. The normalized spacial score (nSPS) is 48.9. The average molecular weight is 381 g/mol. The number of aliphatic hydroxyl groups excluding tert-OH is 1. The Labute approximate surface area is 161 Å². The second-order valence-electron chi connectivity index (χ2n) is 9.87. The molecule has 9 atom stereocenters. The van der Waals surface area contributed by atoms with E-state index in [1.807, 2.05) is 0 Å². The molecule has 0 aromatic heterocycles. The van der Waals surface area contributed by atoms with Gasteiger partial charge in [-0.2, -0.15) is 0 Å². The van der Waals surface area contributed by atoms with Crippen LogP contribution in [0, 0.1) is 40.9 Å². The number of carbonyl (C=O) groups excluding carboxylic acids is 2. The molecule has 27 heavy (non-hydrogen) atoms. The topological polar surface area (TPSA) is 63.6 Å². The summed E-state index contributed by atoms with van der Waals surface area (Å²) in [7, 11) is 0. The summed E-state index contributed by atoms with van der Waals surface area (Å²) in [6.45, 7) is 3.16. The highest BCUT2D eigenvalue weighted by Gasteiger charge is 2.61. The van der Waals surface area contributed by atoms with E-state index < -0.39 is 12.8 Å². The summed E-state index contributed by atoms with van der Waals surface area (Å²) in [5.41, 5.74) is -0.290. The van der Waals surface area contributed by atoms with Gasteiger partial charge >= 0.3 is 5.97 Å². The van der Waals surface area contributed by atoms with E-state index in [0.29, 0.717) is 30.1 Å². The second-order valence-corrected chi connectivity index (χ2v) is 9.87. The van der Waals surface area contributed by atoms with Crippen LogP contribution in [0.1, 0.15) is 65.2 Å². The van der Waals surface area contributed by atoms with Gasteiger partial charge in [0.15, 0.2) is 5.78 Å². The van der Waals surface area contributed by atoms with Crippen molar-refractivity contribution in [2.24, 2.45) is 40.9 Å². The van der Waals surface area contributed by atoms with Crippen LogP contribution in [-0.4, -0.2) is 35.7 Å². The first kappa shape index (κ1) is 19.4. The number of fused-ring (bicyclic) bond motifs is 5. The van der Waals surface area contributed by atoms with Crippen LogP contribution in [0.2, 0.25) is 0 Å². The molecular weight excluding hydrogens is 347 g/mol. The average Bonchev–Trinajstić information content (AvgIpc) is 2.96. The van der Waals surface area contributed by atoms with Crippen LogP contribution >= 0.6 is 0 Å². The molecule has 1 N–H and O–H groups in total. The second kappa shape index (κ2) is 7.13. The molecule has 152 valence electrons. The third-order valence-electron chi connectivity index (χ3n) is 8.71. The standard InChI is InChI=1S/C22H33FO4/c1-12(25)27-14-4-6-15-13(9-14)3-5-16-17-7-8-18(20(26)11-24)22(17,2)10-19(23)21(15)16/h13-19,21,24H,3-11H2,1-2H3/t13-,14+,15-,16-,17-,18+,19+,21+,22-/m0/s1. The van der Waals surface area contributed by atoms with Gasteiger partial charge in [-0.1, -0.05) is 6.92 Å². The molecular formula is C22H33FO4. The van der Waals surface area contributed by atoms with E-state index in [9.17, 15) is 14.7 Å². The molecule has 0 saturated heterocycles. The number of hydrogen-bond acceptors (Lipinski definition) is 4. The van der Waals surface area contributed by atoms with Crippen LogP contribution in [0.25, 0.3) is 0 Å². The molecule has 0 radical (unpaired) electrons. The number of esters is 1. The monoisotopic (exact) mass is 380 g/mol. The molecule has 0 aliphatic heterocycles. The van der Waals surface area contributed by atoms with Crippen LogP contribution < -0.4 is 0 Å². The molecule has 0 heterocycles. The Morgan fingerprint density at radius 3 is 2.56 bits per heavy atom. The minimum atomic E-state index is -0.860. The predicted molar refractivity (Wildman–Crippen MR) is 98.5 cm³/mol. The third kappa shape index (κ3) is 3.14. The van der Waals surface area contributed by atoms with Gasteiger partial charge in [0, 0.05) is 12.8 Å². The van der Waals surface area contributed by atoms with Crippen LogP contribution in [0.4, 0.5) is 4.39 Å². The van der Waals surface area contributed by atoms with Crippen LogP contribution in [-0.2, 0) is 14.3 Å². The van der Waals surface area contributed by atoms with Gasteiger partial charge < -0.3 is 9.84 Å². The van der Waals surface area contributed by atoms with Crippen LogP contribution in [0.3, 0.4) is 0 Å². The molecule has 4 aliphatic rings. The lowest BCUT2D eigenvalue weighted by Crippen LogP contribution is -2.54. The Kier molecular flexibility index (Phi) is 5.11. The van der Waals surface area contributed by atoms with Crippen molar-refractivity contribution in [1.82, 2.24) is 0 Å². The molecule has 5 heteroatoms. The van der Waals surface area contributed by atoms with Crippen molar-refractivity contribution in [1.29, 1.82) is 0 Å². The van der Waals surface area contributed by atoms with E-state index in [0.717, 1.165) is 44.9 Å². The molecule has 0 aromatic carbocycles. The molecule has 0 spiro atoms. The number of halogens is 1.